The summed E-state index contributed by atoms with van der Waals surface area (Å²) in [6, 6.07) is 3.37. The number of rotatable bonds is 4. The zero-order valence-electron chi connectivity index (χ0n) is 15.1. The summed E-state index contributed by atoms with van der Waals surface area (Å²) in [7, 11) is 0. The third kappa shape index (κ3) is 2.27. The number of carboxylic acid groups (broad SMARTS) is 1. The number of nitrogens with one attached hydrogen (secondary N) is 1. The number of fused-ring (bicyclic) bond motifs is 2. The number of imide groups is 1. The summed E-state index contributed by atoms with van der Waals surface area (Å²) >= 11 is 0. The van der Waals surface area contributed by atoms with E-state index in [0.29, 0.717) is 17.5 Å². The zero-order chi connectivity index (χ0) is 19.6. The molecule has 1 fully saturated rings. The average molecular weight is 381 g/mol. The van der Waals surface area contributed by atoms with Crippen LogP contribution in [0.1, 0.15) is 59.1 Å². The van der Waals surface area contributed by atoms with Crippen molar-refractivity contribution in [2.45, 2.75) is 43.8 Å². The molecule has 4 aliphatic rings. The summed E-state index contributed by atoms with van der Waals surface area (Å²) < 4.78 is 0. The molecule has 0 spiro atoms. The van der Waals surface area contributed by atoms with Crippen LogP contribution in [-0.2, 0) is 14.4 Å². The highest BCUT2D eigenvalue weighted by molar-refractivity contribution is 6.13. The minimum atomic E-state index is -0.956. The van der Waals surface area contributed by atoms with Crippen molar-refractivity contribution >= 4 is 29.4 Å². The first-order valence-corrected chi connectivity index (χ1v) is 9.48. The summed E-state index contributed by atoms with van der Waals surface area (Å²) in [5.41, 5.74) is 2.76. The lowest BCUT2D eigenvalue weighted by atomic mass is 9.77. The van der Waals surface area contributed by atoms with Crippen molar-refractivity contribution < 1.29 is 24.3 Å². The van der Waals surface area contributed by atoms with E-state index in [-0.39, 0.29) is 43.4 Å². The van der Waals surface area contributed by atoms with Crippen LogP contribution in [0.4, 0.5) is 5.69 Å². The van der Waals surface area contributed by atoms with E-state index in [9.17, 15) is 19.2 Å². The van der Waals surface area contributed by atoms with Crippen molar-refractivity contribution in [2.75, 3.05) is 11.4 Å². The van der Waals surface area contributed by atoms with Crippen LogP contribution >= 0.6 is 0 Å². The van der Waals surface area contributed by atoms with Crippen LogP contribution in [0.2, 0.25) is 0 Å². The first-order chi connectivity index (χ1) is 13.5. The van der Waals surface area contributed by atoms with Crippen molar-refractivity contribution in [3.8, 4) is 0 Å². The number of anilines is 1. The fraction of sp³-hybridized carbons (Fsp3) is 0.400. The van der Waals surface area contributed by atoms with E-state index in [4.69, 9.17) is 5.11 Å². The second-order valence-corrected chi connectivity index (χ2v) is 7.58. The first kappa shape index (κ1) is 17.1. The molecular weight excluding hydrogens is 362 g/mol. The number of carbonyl (C=O) groups is 4. The Hall–Kier alpha value is -3.00. The number of aliphatic carboxylic acids is 1. The van der Waals surface area contributed by atoms with E-state index in [1.807, 2.05) is 12.2 Å². The standard InChI is InChI=1S/C20H19N3O5/c24-15-8-7-14-21-12-5-3-10-17-11(4-6-13(18(12)17)23(14)15)20(28)22(19(10)27)9-1-2-16(25)26/h3-6,10,12,14,21H,1-2,7-9H2,(H,25,26). The van der Waals surface area contributed by atoms with Crippen LogP contribution in [0.15, 0.2) is 24.3 Å². The van der Waals surface area contributed by atoms with Crippen LogP contribution in [0.25, 0.3) is 0 Å². The molecule has 144 valence electrons. The number of carbonyl (C=O) groups excluding carboxylic acids is 3. The molecule has 3 unspecified atom stereocenters. The predicted molar refractivity (Wildman–Crippen MR) is 97.6 cm³/mol. The number of benzene rings is 1. The van der Waals surface area contributed by atoms with E-state index < -0.39 is 17.8 Å². The molecule has 3 amide bonds. The van der Waals surface area contributed by atoms with Crippen LogP contribution in [-0.4, -0.2) is 46.4 Å². The highest BCUT2D eigenvalue weighted by Crippen LogP contribution is 2.48. The zero-order valence-corrected chi connectivity index (χ0v) is 15.1. The molecule has 1 aromatic carbocycles. The van der Waals surface area contributed by atoms with Gasteiger partial charge < -0.3 is 5.11 Å². The molecular formula is C20H19N3O5. The fourth-order valence-corrected chi connectivity index (χ4v) is 4.81. The molecule has 5 rings (SSSR count). The molecule has 3 atom stereocenters. The maximum absolute atomic E-state index is 13.0. The molecule has 3 aliphatic heterocycles. The Labute approximate surface area is 160 Å². The smallest absolute Gasteiger partial charge is 0.303 e. The van der Waals surface area contributed by atoms with Gasteiger partial charge in [-0.1, -0.05) is 12.2 Å². The highest BCUT2D eigenvalue weighted by Gasteiger charge is 2.47. The first-order valence-electron chi connectivity index (χ1n) is 9.48. The minimum absolute atomic E-state index is 0.0435. The number of hydrogen-bond donors (Lipinski definition) is 2. The Balaban J connectivity index is 1.58. The molecule has 0 aromatic heterocycles. The van der Waals surface area contributed by atoms with Crippen LogP contribution < -0.4 is 10.2 Å². The molecule has 1 saturated heterocycles. The van der Waals surface area contributed by atoms with Crippen molar-refractivity contribution in [1.29, 1.82) is 0 Å². The van der Waals surface area contributed by atoms with Crippen molar-refractivity contribution in [3.63, 3.8) is 0 Å². The molecule has 3 heterocycles. The van der Waals surface area contributed by atoms with Gasteiger partial charge in [0.2, 0.25) is 11.8 Å². The van der Waals surface area contributed by atoms with Gasteiger partial charge in [0.25, 0.3) is 5.91 Å². The van der Waals surface area contributed by atoms with Gasteiger partial charge in [-0.2, -0.15) is 0 Å². The van der Waals surface area contributed by atoms with Gasteiger partial charge in [0.15, 0.2) is 0 Å². The predicted octanol–water partition coefficient (Wildman–Crippen LogP) is 1.28. The highest BCUT2D eigenvalue weighted by atomic mass is 16.4. The average Bonchev–Trinajstić information content (AvgIpc) is 3.04. The number of hydrogen-bond acceptors (Lipinski definition) is 5. The van der Waals surface area contributed by atoms with Gasteiger partial charge in [-0.25, -0.2) is 0 Å². The second kappa shape index (κ2) is 6.00. The summed E-state index contributed by atoms with van der Waals surface area (Å²) in [4.78, 5) is 52.1. The Morgan fingerprint density at radius 3 is 2.79 bits per heavy atom. The van der Waals surface area contributed by atoms with Crippen molar-refractivity contribution in [3.05, 3.63) is 41.0 Å². The molecule has 1 aromatic rings. The Kier molecular flexibility index (Phi) is 3.67. The topological polar surface area (TPSA) is 107 Å². The van der Waals surface area contributed by atoms with E-state index >= 15 is 0 Å². The monoisotopic (exact) mass is 381 g/mol. The van der Waals surface area contributed by atoms with Gasteiger partial charge >= 0.3 is 5.97 Å². The summed E-state index contributed by atoms with van der Waals surface area (Å²) in [6.07, 6.45) is 5.02. The maximum atomic E-state index is 13.0. The molecule has 0 saturated carbocycles. The number of carboxylic acids is 1. The molecule has 1 aliphatic carbocycles. The van der Waals surface area contributed by atoms with E-state index in [1.54, 1.807) is 17.0 Å². The fourth-order valence-electron chi connectivity index (χ4n) is 4.81. The lowest BCUT2D eigenvalue weighted by molar-refractivity contribution is -0.138. The van der Waals surface area contributed by atoms with Crippen molar-refractivity contribution in [1.82, 2.24) is 10.2 Å². The van der Waals surface area contributed by atoms with Gasteiger partial charge in [0.05, 0.1) is 23.8 Å². The summed E-state index contributed by atoms with van der Waals surface area (Å²) in [5.74, 6) is -2.22. The minimum Gasteiger partial charge on any atom is -0.481 e. The Morgan fingerprint density at radius 1 is 1.18 bits per heavy atom. The Morgan fingerprint density at radius 2 is 2.00 bits per heavy atom. The van der Waals surface area contributed by atoms with Gasteiger partial charge in [0.1, 0.15) is 0 Å². The molecule has 0 bridgehead atoms. The normalized spacial score (nSPS) is 27.1. The molecule has 8 nitrogen and oxygen atoms in total. The van der Waals surface area contributed by atoms with Crippen LogP contribution in [0, 0.1) is 0 Å². The van der Waals surface area contributed by atoms with E-state index in [2.05, 4.69) is 5.32 Å². The molecule has 0 radical (unpaired) electrons. The van der Waals surface area contributed by atoms with Crippen LogP contribution in [0.3, 0.4) is 0 Å². The lowest BCUT2D eigenvalue weighted by Crippen LogP contribution is -2.52. The van der Waals surface area contributed by atoms with E-state index in [0.717, 1.165) is 22.6 Å². The third-order valence-corrected chi connectivity index (χ3v) is 6.01. The van der Waals surface area contributed by atoms with Gasteiger partial charge in [-0.05, 0) is 30.5 Å². The van der Waals surface area contributed by atoms with Gasteiger partial charge in [-0.15, -0.1) is 0 Å². The summed E-state index contributed by atoms with van der Waals surface area (Å²) in [5, 5.41) is 12.3. The third-order valence-electron chi connectivity index (χ3n) is 6.01. The van der Waals surface area contributed by atoms with Crippen LogP contribution in [0.5, 0.6) is 0 Å². The second-order valence-electron chi connectivity index (χ2n) is 7.58. The Bertz CT molecular complexity index is 969. The molecule has 28 heavy (non-hydrogen) atoms. The maximum Gasteiger partial charge on any atom is 0.303 e. The summed E-state index contributed by atoms with van der Waals surface area (Å²) in [6.45, 7) is 0.0825. The van der Waals surface area contributed by atoms with Crippen molar-refractivity contribution in [2.24, 2.45) is 0 Å². The van der Waals surface area contributed by atoms with Gasteiger partial charge in [0, 0.05) is 30.5 Å². The molecule has 2 N–H and O–H groups in total. The lowest BCUT2D eigenvalue weighted by Gasteiger charge is -2.43. The van der Waals surface area contributed by atoms with E-state index in [1.165, 1.54) is 0 Å². The quantitative estimate of drug-likeness (QED) is 0.601. The SMILES string of the molecule is O=C(O)CCCN1C(=O)c2ccc3c4c2C(C=CC4NC2CCC(=O)N32)C1=O. The molecule has 8 heteroatoms. The number of nitrogens with zero attached hydrogens (tertiary/aromatic N) is 2. The largest absolute Gasteiger partial charge is 0.481 e. The number of amides is 3. The van der Waals surface area contributed by atoms with Gasteiger partial charge in [-0.3, -0.25) is 34.3 Å².